The zero-order chi connectivity index (χ0) is 12.4. The van der Waals surface area contributed by atoms with Crippen LogP contribution in [0.25, 0.3) is 0 Å². The van der Waals surface area contributed by atoms with E-state index in [4.69, 9.17) is 4.74 Å². The summed E-state index contributed by atoms with van der Waals surface area (Å²) in [6.45, 7) is 10.3. The first-order valence-corrected chi connectivity index (χ1v) is 6.27. The molecule has 0 amide bonds. The van der Waals surface area contributed by atoms with Gasteiger partial charge in [-0.1, -0.05) is 27.7 Å². The normalized spacial score (nSPS) is 13.9. The predicted molar refractivity (Wildman–Crippen MR) is 68.7 cm³/mol. The van der Waals surface area contributed by atoms with Gasteiger partial charge < -0.3 is 4.74 Å². The Bertz CT molecular complexity index is 245. The number of aromatic nitrogens is 2. The molecule has 1 aliphatic heterocycles. The second-order valence-corrected chi connectivity index (χ2v) is 3.89. The number of aryl methyl sites for hydroxylation is 1. The minimum atomic E-state index is 0.547. The molecule has 0 aromatic carbocycles. The van der Waals surface area contributed by atoms with Gasteiger partial charge in [-0.25, -0.2) is 0 Å². The van der Waals surface area contributed by atoms with Crippen LogP contribution in [0.4, 0.5) is 0 Å². The van der Waals surface area contributed by atoms with E-state index in [1.807, 2.05) is 37.8 Å². The Hall–Kier alpha value is -0.830. The Morgan fingerprint density at radius 3 is 2.00 bits per heavy atom. The molecule has 2 rings (SSSR count). The smallest absolute Gasteiger partial charge is 0.0649 e. The monoisotopic (exact) mass is 226 g/mol. The van der Waals surface area contributed by atoms with E-state index in [-0.39, 0.29) is 0 Å². The van der Waals surface area contributed by atoms with Crippen LogP contribution in [0.2, 0.25) is 0 Å². The minimum absolute atomic E-state index is 0.547. The van der Waals surface area contributed by atoms with Crippen molar-refractivity contribution in [3.63, 3.8) is 0 Å². The van der Waals surface area contributed by atoms with E-state index in [2.05, 4.69) is 18.9 Å². The fourth-order valence-electron chi connectivity index (χ4n) is 1.25. The average molecular weight is 226 g/mol. The van der Waals surface area contributed by atoms with Crippen LogP contribution in [-0.2, 0) is 11.8 Å². The van der Waals surface area contributed by atoms with Gasteiger partial charge in [0.05, 0.1) is 5.69 Å². The van der Waals surface area contributed by atoms with Crippen LogP contribution in [0.15, 0.2) is 12.3 Å². The van der Waals surface area contributed by atoms with E-state index in [1.54, 1.807) is 0 Å². The third-order valence-electron chi connectivity index (χ3n) is 2.15. The highest BCUT2D eigenvalue weighted by Crippen LogP contribution is 2.08. The summed E-state index contributed by atoms with van der Waals surface area (Å²) >= 11 is 0. The Kier molecular flexibility index (Phi) is 8.91. The zero-order valence-corrected chi connectivity index (χ0v) is 11.4. The minimum Gasteiger partial charge on any atom is -0.381 e. The molecule has 0 radical (unpaired) electrons. The van der Waals surface area contributed by atoms with Crippen molar-refractivity contribution < 1.29 is 4.74 Å². The van der Waals surface area contributed by atoms with Crippen LogP contribution in [0, 0.1) is 0 Å². The van der Waals surface area contributed by atoms with Crippen LogP contribution in [-0.4, -0.2) is 23.0 Å². The molecule has 0 saturated carbocycles. The molecule has 16 heavy (non-hydrogen) atoms. The molecule has 1 aromatic rings. The summed E-state index contributed by atoms with van der Waals surface area (Å²) in [5.41, 5.74) is 1.16. The first-order valence-electron chi connectivity index (χ1n) is 6.27. The second kappa shape index (κ2) is 9.40. The molecular formula is C13H26N2O. The molecule has 0 N–H and O–H groups in total. The fraction of sp³-hybridized carbons (Fsp3) is 0.769. The van der Waals surface area contributed by atoms with Crippen molar-refractivity contribution in [1.82, 2.24) is 9.78 Å². The highest BCUT2D eigenvalue weighted by molar-refractivity contribution is 5.03. The lowest BCUT2D eigenvalue weighted by Gasteiger charge is -1.95. The molecule has 0 bridgehead atoms. The highest BCUT2D eigenvalue weighted by Gasteiger charge is 1.99. The summed E-state index contributed by atoms with van der Waals surface area (Å²) in [7, 11) is 1.94. The van der Waals surface area contributed by atoms with Gasteiger partial charge in [-0.15, -0.1) is 0 Å². The van der Waals surface area contributed by atoms with E-state index in [1.165, 1.54) is 12.8 Å². The molecule has 0 unspecified atom stereocenters. The maximum atomic E-state index is 4.94. The van der Waals surface area contributed by atoms with Crippen LogP contribution in [0.1, 0.15) is 52.1 Å². The van der Waals surface area contributed by atoms with Gasteiger partial charge in [-0.3, -0.25) is 4.68 Å². The summed E-state index contributed by atoms with van der Waals surface area (Å²) in [5.74, 6) is 0.547. The van der Waals surface area contributed by atoms with Gasteiger partial charge in [-0.2, -0.15) is 5.10 Å². The molecule has 3 heteroatoms. The lowest BCUT2D eigenvalue weighted by atomic mass is 10.1. The van der Waals surface area contributed by atoms with Crippen LogP contribution in [0.5, 0.6) is 0 Å². The average Bonchev–Trinajstić information content (AvgIpc) is 2.93. The van der Waals surface area contributed by atoms with E-state index in [0.29, 0.717) is 5.92 Å². The Morgan fingerprint density at radius 1 is 1.25 bits per heavy atom. The summed E-state index contributed by atoms with van der Waals surface area (Å²) in [6.07, 6.45) is 4.52. The van der Waals surface area contributed by atoms with Crippen molar-refractivity contribution in [2.24, 2.45) is 7.05 Å². The molecule has 1 aromatic heterocycles. The quantitative estimate of drug-likeness (QED) is 0.734. The third-order valence-corrected chi connectivity index (χ3v) is 2.15. The summed E-state index contributed by atoms with van der Waals surface area (Å²) in [6, 6.07) is 2.05. The highest BCUT2D eigenvalue weighted by atomic mass is 16.5. The molecule has 0 atom stereocenters. The fourth-order valence-corrected chi connectivity index (χ4v) is 1.25. The van der Waals surface area contributed by atoms with Gasteiger partial charge in [0.2, 0.25) is 0 Å². The SMILES string of the molecule is C1CCOC1.CC.CC(C)c1ccn(C)n1. The summed E-state index contributed by atoms with van der Waals surface area (Å²) in [4.78, 5) is 0. The van der Waals surface area contributed by atoms with Gasteiger partial charge in [0.1, 0.15) is 0 Å². The van der Waals surface area contributed by atoms with Crippen molar-refractivity contribution in [3.05, 3.63) is 18.0 Å². The maximum absolute atomic E-state index is 4.94. The van der Waals surface area contributed by atoms with E-state index in [0.717, 1.165) is 18.9 Å². The lowest BCUT2D eigenvalue weighted by Crippen LogP contribution is -1.92. The number of ether oxygens (including phenoxy) is 1. The van der Waals surface area contributed by atoms with E-state index >= 15 is 0 Å². The zero-order valence-electron chi connectivity index (χ0n) is 11.4. The van der Waals surface area contributed by atoms with E-state index < -0.39 is 0 Å². The number of hydrogen-bond acceptors (Lipinski definition) is 2. The standard InChI is InChI=1S/C7H12N2.C4H8O.C2H6/c1-6(2)7-4-5-9(3)8-7;1-2-4-5-3-1;1-2/h4-6H,1-3H3;1-4H2;1-2H3. The van der Waals surface area contributed by atoms with Gasteiger partial charge in [0.15, 0.2) is 0 Å². The van der Waals surface area contributed by atoms with Gasteiger partial charge >= 0.3 is 0 Å². The second-order valence-electron chi connectivity index (χ2n) is 3.89. The van der Waals surface area contributed by atoms with Crippen LogP contribution in [0.3, 0.4) is 0 Å². The molecule has 0 spiro atoms. The third kappa shape index (κ3) is 6.62. The van der Waals surface area contributed by atoms with Crippen molar-refractivity contribution in [2.75, 3.05) is 13.2 Å². The van der Waals surface area contributed by atoms with Crippen molar-refractivity contribution in [2.45, 2.75) is 46.5 Å². The lowest BCUT2D eigenvalue weighted by molar-refractivity contribution is 0.198. The predicted octanol–water partition coefficient (Wildman–Crippen LogP) is 3.37. The molecular weight excluding hydrogens is 200 g/mol. The van der Waals surface area contributed by atoms with Crippen LogP contribution < -0.4 is 0 Å². The van der Waals surface area contributed by atoms with Crippen molar-refractivity contribution >= 4 is 0 Å². The Morgan fingerprint density at radius 2 is 1.81 bits per heavy atom. The maximum Gasteiger partial charge on any atom is 0.0649 e. The first-order chi connectivity index (χ1) is 7.70. The molecule has 0 aliphatic carbocycles. The molecule has 1 saturated heterocycles. The van der Waals surface area contributed by atoms with Crippen LogP contribution >= 0.6 is 0 Å². The number of nitrogens with zero attached hydrogens (tertiary/aromatic N) is 2. The summed E-state index contributed by atoms with van der Waals surface area (Å²) < 4.78 is 6.77. The molecule has 1 aliphatic rings. The number of hydrogen-bond donors (Lipinski definition) is 0. The van der Waals surface area contributed by atoms with Gasteiger partial charge in [0.25, 0.3) is 0 Å². The molecule has 3 nitrogen and oxygen atoms in total. The van der Waals surface area contributed by atoms with E-state index in [9.17, 15) is 0 Å². The number of rotatable bonds is 1. The molecule has 94 valence electrons. The summed E-state index contributed by atoms with van der Waals surface area (Å²) in [5, 5.41) is 4.23. The Labute approximate surface area is 99.8 Å². The van der Waals surface area contributed by atoms with Crippen molar-refractivity contribution in [1.29, 1.82) is 0 Å². The molecule has 1 fully saturated rings. The topological polar surface area (TPSA) is 27.1 Å². The Balaban J connectivity index is 0.000000272. The first kappa shape index (κ1) is 15.2. The largest absolute Gasteiger partial charge is 0.381 e. The van der Waals surface area contributed by atoms with Gasteiger partial charge in [0, 0.05) is 26.5 Å². The molecule has 2 heterocycles. The van der Waals surface area contributed by atoms with Crippen molar-refractivity contribution in [3.8, 4) is 0 Å². The van der Waals surface area contributed by atoms with Gasteiger partial charge in [-0.05, 0) is 24.8 Å².